The minimum atomic E-state index is -0.292. The number of aliphatic hydroxyl groups excluding tert-OH is 1. The maximum atomic E-state index is 9.39. The lowest BCUT2D eigenvalue weighted by atomic mass is 9.91. The fourth-order valence-electron chi connectivity index (χ4n) is 2.03. The van der Waals surface area contributed by atoms with Gasteiger partial charge < -0.3 is 9.84 Å². The van der Waals surface area contributed by atoms with Crippen LogP contribution in [0.25, 0.3) is 0 Å². The first-order valence-corrected chi connectivity index (χ1v) is 7.30. The molecule has 0 heterocycles. The highest BCUT2D eigenvalue weighted by molar-refractivity contribution is 5.26. The Balaban J connectivity index is 2.14. The van der Waals surface area contributed by atoms with Gasteiger partial charge in [0, 0.05) is 0 Å². The predicted molar refractivity (Wildman–Crippen MR) is 85.5 cm³/mol. The molecule has 0 radical (unpaired) electrons. The smallest absolute Gasteiger partial charge is 0.0758 e. The quantitative estimate of drug-likeness (QED) is 0.392. The van der Waals surface area contributed by atoms with E-state index in [0.29, 0.717) is 19.1 Å². The van der Waals surface area contributed by atoms with Gasteiger partial charge >= 0.3 is 0 Å². The Morgan fingerprint density at radius 3 is 2.90 bits per heavy atom. The molecule has 2 unspecified atom stereocenters. The van der Waals surface area contributed by atoms with Crippen LogP contribution in [-0.2, 0) is 4.74 Å². The standard InChI is InChI=1S/C18H26O2/c1-3-14-20-15-8-6-4-5-7-9-16(2)17-10-12-18(19)13-11-17/h3-6,8,10-12,16,18-19H,1,7,9,13-15H2,2H3/b5-4-,8-6-. The van der Waals surface area contributed by atoms with Gasteiger partial charge in [0.2, 0.25) is 0 Å². The average molecular weight is 274 g/mol. The van der Waals surface area contributed by atoms with Crippen molar-refractivity contribution in [1.82, 2.24) is 0 Å². The van der Waals surface area contributed by atoms with E-state index in [1.807, 2.05) is 18.2 Å². The molecule has 1 aliphatic rings. The summed E-state index contributed by atoms with van der Waals surface area (Å²) in [4.78, 5) is 0. The lowest BCUT2D eigenvalue weighted by molar-refractivity contribution is 0.194. The van der Waals surface area contributed by atoms with Gasteiger partial charge in [0.1, 0.15) is 0 Å². The Morgan fingerprint density at radius 1 is 1.40 bits per heavy atom. The van der Waals surface area contributed by atoms with Crippen LogP contribution in [0.1, 0.15) is 26.2 Å². The van der Waals surface area contributed by atoms with Crippen LogP contribution in [0.15, 0.2) is 60.8 Å². The third kappa shape index (κ3) is 7.27. The molecule has 0 aromatic carbocycles. The van der Waals surface area contributed by atoms with Crippen molar-refractivity contribution in [3.05, 3.63) is 60.8 Å². The first-order valence-electron chi connectivity index (χ1n) is 7.30. The average Bonchev–Trinajstić information content (AvgIpc) is 2.46. The van der Waals surface area contributed by atoms with Crippen molar-refractivity contribution < 1.29 is 9.84 Å². The summed E-state index contributed by atoms with van der Waals surface area (Å²) in [5.41, 5.74) is 1.34. The number of hydrogen-bond donors (Lipinski definition) is 1. The molecule has 0 amide bonds. The predicted octanol–water partition coefficient (Wildman–Crippen LogP) is 3.96. The molecule has 1 N–H and O–H groups in total. The van der Waals surface area contributed by atoms with Gasteiger partial charge in [-0.15, -0.1) is 6.58 Å². The molecule has 1 aliphatic carbocycles. The Morgan fingerprint density at radius 2 is 2.20 bits per heavy atom. The van der Waals surface area contributed by atoms with Gasteiger partial charge in [-0.1, -0.05) is 55.5 Å². The summed E-state index contributed by atoms with van der Waals surface area (Å²) in [6.07, 6.45) is 18.7. The molecule has 20 heavy (non-hydrogen) atoms. The zero-order chi connectivity index (χ0) is 14.6. The van der Waals surface area contributed by atoms with Crippen molar-refractivity contribution in [3.8, 4) is 0 Å². The second-order valence-electron chi connectivity index (χ2n) is 5.03. The Hall–Kier alpha value is -1.38. The molecular weight excluding hydrogens is 248 g/mol. The van der Waals surface area contributed by atoms with Gasteiger partial charge in [-0.3, -0.25) is 0 Å². The highest BCUT2D eigenvalue weighted by Crippen LogP contribution is 2.22. The maximum Gasteiger partial charge on any atom is 0.0758 e. The maximum absolute atomic E-state index is 9.39. The molecule has 0 aliphatic heterocycles. The third-order valence-electron chi connectivity index (χ3n) is 3.27. The second kappa shape index (κ2) is 10.4. The van der Waals surface area contributed by atoms with E-state index in [9.17, 15) is 5.11 Å². The summed E-state index contributed by atoms with van der Waals surface area (Å²) in [6, 6.07) is 0. The number of allylic oxidation sites excluding steroid dienone is 5. The number of aliphatic hydroxyl groups is 1. The van der Waals surface area contributed by atoms with Crippen LogP contribution in [0.3, 0.4) is 0 Å². The van der Waals surface area contributed by atoms with E-state index in [2.05, 4.69) is 37.8 Å². The van der Waals surface area contributed by atoms with E-state index < -0.39 is 0 Å². The summed E-state index contributed by atoms with van der Waals surface area (Å²) in [6.45, 7) is 7.06. The Kier molecular flexibility index (Phi) is 8.68. The lowest BCUT2D eigenvalue weighted by Gasteiger charge is -2.16. The summed E-state index contributed by atoms with van der Waals surface area (Å²) in [5.74, 6) is 0.545. The minimum absolute atomic E-state index is 0.292. The van der Waals surface area contributed by atoms with Crippen LogP contribution >= 0.6 is 0 Å². The molecule has 2 atom stereocenters. The van der Waals surface area contributed by atoms with Gasteiger partial charge in [0.25, 0.3) is 0 Å². The lowest BCUT2D eigenvalue weighted by Crippen LogP contribution is -2.07. The first-order chi connectivity index (χ1) is 9.74. The molecule has 2 heteroatoms. The summed E-state index contributed by atoms with van der Waals surface area (Å²) < 4.78 is 5.24. The molecule has 0 fully saturated rings. The molecule has 2 nitrogen and oxygen atoms in total. The highest BCUT2D eigenvalue weighted by atomic mass is 16.5. The molecule has 0 saturated heterocycles. The summed E-state index contributed by atoms with van der Waals surface area (Å²) in [5, 5.41) is 9.39. The summed E-state index contributed by atoms with van der Waals surface area (Å²) in [7, 11) is 0. The zero-order valence-electron chi connectivity index (χ0n) is 12.4. The third-order valence-corrected chi connectivity index (χ3v) is 3.27. The molecule has 0 bridgehead atoms. The van der Waals surface area contributed by atoms with Crippen LogP contribution in [0.2, 0.25) is 0 Å². The van der Waals surface area contributed by atoms with Crippen molar-refractivity contribution in [2.45, 2.75) is 32.3 Å². The van der Waals surface area contributed by atoms with Gasteiger partial charge in [-0.05, 0) is 30.8 Å². The van der Waals surface area contributed by atoms with Crippen molar-refractivity contribution in [2.75, 3.05) is 13.2 Å². The molecule has 0 aromatic rings. The van der Waals surface area contributed by atoms with Crippen molar-refractivity contribution in [2.24, 2.45) is 5.92 Å². The SMILES string of the molecule is C=CCOC/C=C\C=C/CCC(C)C1=CCC(O)C=C1. The van der Waals surface area contributed by atoms with Gasteiger partial charge in [-0.2, -0.15) is 0 Å². The second-order valence-corrected chi connectivity index (χ2v) is 5.03. The minimum Gasteiger partial charge on any atom is -0.389 e. The molecular formula is C18H26O2. The number of ether oxygens (including phenoxy) is 1. The van der Waals surface area contributed by atoms with Gasteiger partial charge in [-0.25, -0.2) is 0 Å². The van der Waals surface area contributed by atoms with Crippen LogP contribution in [-0.4, -0.2) is 24.4 Å². The fraction of sp³-hybridized carbons (Fsp3) is 0.444. The highest BCUT2D eigenvalue weighted by Gasteiger charge is 2.10. The molecule has 110 valence electrons. The first kappa shape index (κ1) is 16.7. The van der Waals surface area contributed by atoms with E-state index in [1.165, 1.54) is 5.57 Å². The monoisotopic (exact) mass is 274 g/mol. The van der Waals surface area contributed by atoms with E-state index in [4.69, 9.17) is 4.74 Å². The fourth-order valence-corrected chi connectivity index (χ4v) is 2.03. The Bertz CT molecular complexity index is 388. The van der Waals surface area contributed by atoms with Crippen LogP contribution in [0, 0.1) is 5.92 Å². The van der Waals surface area contributed by atoms with Crippen molar-refractivity contribution in [1.29, 1.82) is 0 Å². The molecule has 1 rings (SSSR count). The topological polar surface area (TPSA) is 29.5 Å². The molecule has 0 spiro atoms. The van der Waals surface area contributed by atoms with Crippen LogP contribution < -0.4 is 0 Å². The van der Waals surface area contributed by atoms with Crippen LogP contribution in [0.5, 0.6) is 0 Å². The largest absolute Gasteiger partial charge is 0.389 e. The number of rotatable bonds is 9. The molecule has 0 aromatic heterocycles. The van der Waals surface area contributed by atoms with Gasteiger partial charge in [0.15, 0.2) is 0 Å². The van der Waals surface area contributed by atoms with Crippen LogP contribution in [0.4, 0.5) is 0 Å². The van der Waals surface area contributed by atoms with E-state index in [-0.39, 0.29) is 6.10 Å². The summed E-state index contributed by atoms with van der Waals surface area (Å²) >= 11 is 0. The van der Waals surface area contributed by atoms with Crippen molar-refractivity contribution in [3.63, 3.8) is 0 Å². The Labute approximate surface area is 122 Å². The van der Waals surface area contributed by atoms with E-state index >= 15 is 0 Å². The molecule has 0 saturated carbocycles. The van der Waals surface area contributed by atoms with E-state index in [0.717, 1.165) is 19.3 Å². The van der Waals surface area contributed by atoms with E-state index in [1.54, 1.807) is 6.08 Å². The van der Waals surface area contributed by atoms with Gasteiger partial charge in [0.05, 0.1) is 19.3 Å². The van der Waals surface area contributed by atoms with Crippen molar-refractivity contribution >= 4 is 0 Å². The zero-order valence-corrected chi connectivity index (χ0v) is 12.4. The number of hydrogen-bond acceptors (Lipinski definition) is 2. The normalized spacial score (nSPS) is 20.5.